The molecule has 6 nitrogen and oxygen atoms in total. The third-order valence-electron chi connectivity index (χ3n) is 5.48. The van der Waals surface area contributed by atoms with Gasteiger partial charge in [-0.1, -0.05) is 24.3 Å². The molecule has 4 rings (SSSR count). The van der Waals surface area contributed by atoms with Gasteiger partial charge in [0.2, 0.25) is 5.56 Å². The number of aromatic nitrogens is 1. The number of aromatic amines is 1. The van der Waals surface area contributed by atoms with E-state index in [-0.39, 0.29) is 16.8 Å². The van der Waals surface area contributed by atoms with Crippen LogP contribution in [0, 0.1) is 0 Å². The Bertz CT molecular complexity index is 1030. The van der Waals surface area contributed by atoms with E-state index in [1.54, 1.807) is 19.2 Å². The molecule has 1 aromatic heterocycles. The molecule has 1 heterocycles. The third-order valence-corrected chi connectivity index (χ3v) is 5.48. The Hall–Kier alpha value is -2.67. The van der Waals surface area contributed by atoms with Gasteiger partial charge in [-0.15, -0.1) is 0 Å². The lowest BCUT2D eigenvalue weighted by Crippen LogP contribution is -2.51. The number of rotatable bonds is 6. The van der Waals surface area contributed by atoms with E-state index >= 15 is 0 Å². The predicted octanol–water partition coefficient (Wildman–Crippen LogP) is 2.04. The number of pyridine rings is 1. The van der Waals surface area contributed by atoms with Gasteiger partial charge in [-0.2, -0.15) is 0 Å². The highest BCUT2D eigenvalue weighted by Crippen LogP contribution is 2.32. The summed E-state index contributed by atoms with van der Waals surface area (Å²) < 4.78 is 5.48. The van der Waals surface area contributed by atoms with Crippen LogP contribution in [0.3, 0.4) is 0 Å². The number of aliphatic hydroxyl groups is 1. The summed E-state index contributed by atoms with van der Waals surface area (Å²) in [5, 5.41) is 25.1. The van der Waals surface area contributed by atoms with E-state index in [0.717, 1.165) is 12.8 Å². The molecule has 0 unspecified atom stereocenters. The number of fused-ring (bicyclic) bond motifs is 2. The molecule has 0 bridgehead atoms. The molecule has 1 atom stereocenters. The molecule has 0 saturated heterocycles. The van der Waals surface area contributed by atoms with Crippen molar-refractivity contribution in [2.75, 3.05) is 20.3 Å². The fraction of sp³-hybridized carbons (Fsp3) is 0.318. The summed E-state index contributed by atoms with van der Waals surface area (Å²) in [5.41, 5.74) is 3.13. The number of aromatic hydroxyl groups is 1. The second-order valence-corrected chi connectivity index (χ2v) is 7.55. The van der Waals surface area contributed by atoms with Gasteiger partial charge < -0.3 is 25.3 Å². The van der Waals surface area contributed by atoms with Crippen molar-refractivity contribution in [3.05, 3.63) is 75.6 Å². The summed E-state index contributed by atoms with van der Waals surface area (Å²) in [6.07, 6.45) is 0.813. The lowest BCUT2D eigenvalue weighted by molar-refractivity contribution is 0.0948. The molecule has 1 aliphatic carbocycles. The molecule has 4 N–H and O–H groups in total. The number of hydrogen-bond acceptors (Lipinski definition) is 5. The highest BCUT2D eigenvalue weighted by atomic mass is 16.5. The van der Waals surface area contributed by atoms with Crippen molar-refractivity contribution < 1.29 is 14.9 Å². The van der Waals surface area contributed by atoms with Crippen LogP contribution in [-0.4, -0.2) is 41.0 Å². The number of phenolic OH excluding ortho intramolecular Hbond substituents is 1. The molecular formula is C22H24N2O4. The maximum absolute atomic E-state index is 11.6. The van der Waals surface area contributed by atoms with Gasteiger partial charge in [0, 0.05) is 36.7 Å². The first kappa shape index (κ1) is 18.7. The molecule has 0 fully saturated rings. The SMILES string of the molecule is COCC1(NC[C@H](O)c2cc(O)cc3[nH]c(=O)ccc23)Cc2ccccc2C1. The topological polar surface area (TPSA) is 94.6 Å². The van der Waals surface area contributed by atoms with Crippen molar-refractivity contribution in [1.82, 2.24) is 10.3 Å². The van der Waals surface area contributed by atoms with Crippen LogP contribution in [0.1, 0.15) is 22.8 Å². The van der Waals surface area contributed by atoms with Crippen molar-refractivity contribution >= 4 is 10.9 Å². The average molecular weight is 380 g/mol. The lowest BCUT2D eigenvalue weighted by Gasteiger charge is -2.31. The third kappa shape index (κ3) is 3.54. The standard InChI is InChI=1S/C22H24N2O4/c1-28-13-22(10-14-4-2-3-5-15(14)11-22)23-12-20(26)18-8-16(25)9-19-17(18)6-7-21(27)24-19/h2-9,20,23,25-26H,10-13H2,1H3,(H,24,27)/t20-/m0/s1. The number of hydrogen-bond donors (Lipinski definition) is 4. The van der Waals surface area contributed by atoms with Gasteiger partial charge in [0.25, 0.3) is 0 Å². The van der Waals surface area contributed by atoms with Crippen LogP contribution >= 0.6 is 0 Å². The largest absolute Gasteiger partial charge is 0.508 e. The maximum atomic E-state index is 11.6. The number of nitrogens with one attached hydrogen (secondary N) is 2. The van der Waals surface area contributed by atoms with Gasteiger partial charge in [-0.25, -0.2) is 0 Å². The molecule has 2 aromatic carbocycles. The van der Waals surface area contributed by atoms with E-state index in [4.69, 9.17) is 4.74 Å². The van der Waals surface area contributed by atoms with Gasteiger partial charge in [0.05, 0.1) is 18.2 Å². The monoisotopic (exact) mass is 380 g/mol. The molecule has 1 aliphatic rings. The first-order valence-electron chi connectivity index (χ1n) is 9.34. The molecule has 0 saturated carbocycles. The fourth-order valence-corrected chi connectivity index (χ4v) is 4.23. The zero-order chi connectivity index (χ0) is 19.7. The molecule has 146 valence electrons. The quantitative estimate of drug-likeness (QED) is 0.525. The second kappa shape index (κ2) is 7.39. The lowest BCUT2D eigenvalue weighted by atomic mass is 9.95. The Kier molecular flexibility index (Phi) is 4.93. The Balaban J connectivity index is 1.58. The van der Waals surface area contributed by atoms with Crippen LogP contribution in [0.5, 0.6) is 5.75 Å². The number of methoxy groups -OCH3 is 1. The zero-order valence-electron chi connectivity index (χ0n) is 15.7. The van der Waals surface area contributed by atoms with Gasteiger partial charge >= 0.3 is 0 Å². The van der Waals surface area contributed by atoms with E-state index in [1.165, 1.54) is 23.3 Å². The number of phenols is 1. The van der Waals surface area contributed by atoms with Crippen LogP contribution in [0.15, 0.2) is 53.3 Å². The van der Waals surface area contributed by atoms with E-state index in [1.807, 2.05) is 12.1 Å². The average Bonchev–Trinajstić information content (AvgIpc) is 3.04. The van der Waals surface area contributed by atoms with Gasteiger partial charge in [-0.3, -0.25) is 4.79 Å². The van der Waals surface area contributed by atoms with Crippen molar-refractivity contribution in [3.8, 4) is 5.75 Å². The minimum absolute atomic E-state index is 0.00303. The van der Waals surface area contributed by atoms with Crippen molar-refractivity contribution in [3.63, 3.8) is 0 Å². The molecule has 0 spiro atoms. The number of benzene rings is 2. The minimum Gasteiger partial charge on any atom is -0.508 e. The van der Waals surface area contributed by atoms with Crippen LogP contribution in [0.25, 0.3) is 10.9 Å². The molecule has 0 aliphatic heterocycles. The van der Waals surface area contributed by atoms with Crippen LogP contribution in [0.4, 0.5) is 0 Å². The van der Waals surface area contributed by atoms with E-state index in [9.17, 15) is 15.0 Å². The first-order valence-corrected chi connectivity index (χ1v) is 9.34. The van der Waals surface area contributed by atoms with Crippen LogP contribution in [0.2, 0.25) is 0 Å². The van der Waals surface area contributed by atoms with Gasteiger partial charge in [0.15, 0.2) is 0 Å². The van der Waals surface area contributed by atoms with Gasteiger partial charge in [-0.05, 0) is 41.7 Å². The van der Waals surface area contributed by atoms with Crippen molar-refractivity contribution in [2.24, 2.45) is 0 Å². The molecule has 28 heavy (non-hydrogen) atoms. The first-order chi connectivity index (χ1) is 13.5. The Morgan fingerprint density at radius 1 is 1.18 bits per heavy atom. The molecule has 6 heteroatoms. The van der Waals surface area contributed by atoms with Crippen LogP contribution in [-0.2, 0) is 17.6 Å². The van der Waals surface area contributed by atoms with Crippen molar-refractivity contribution in [1.29, 1.82) is 0 Å². The Morgan fingerprint density at radius 3 is 2.57 bits per heavy atom. The fourth-order valence-electron chi connectivity index (χ4n) is 4.23. The molecule has 0 radical (unpaired) electrons. The highest BCUT2D eigenvalue weighted by Gasteiger charge is 2.37. The zero-order valence-corrected chi connectivity index (χ0v) is 15.7. The highest BCUT2D eigenvalue weighted by molar-refractivity contribution is 5.84. The molecule has 0 amide bonds. The minimum atomic E-state index is -0.849. The second-order valence-electron chi connectivity index (χ2n) is 7.55. The Morgan fingerprint density at radius 2 is 1.89 bits per heavy atom. The Labute approximate surface area is 162 Å². The normalized spacial score (nSPS) is 16.2. The summed E-state index contributed by atoms with van der Waals surface area (Å²) in [4.78, 5) is 14.3. The van der Waals surface area contributed by atoms with Crippen LogP contribution < -0.4 is 10.9 Å². The number of H-pyrrole nitrogens is 1. The van der Waals surface area contributed by atoms with E-state index < -0.39 is 6.10 Å². The maximum Gasteiger partial charge on any atom is 0.248 e. The van der Waals surface area contributed by atoms with E-state index in [2.05, 4.69) is 22.4 Å². The summed E-state index contributed by atoms with van der Waals surface area (Å²) in [6.45, 7) is 0.831. The smallest absolute Gasteiger partial charge is 0.248 e. The molecular weight excluding hydrogens is 356 g/mol. The number of aliphatic hydroxyl groups excluding tert-OH is 1. The summed E-state index contributed by atoms with van der Waals surface area (Å²) in [5.74, 6) is 0.00303. The summed E-state index contributed by atoms with van der Waals surface area (Å²) >= 11 is 0. The number of β-amino-alcohol motifs (C(OH)–C–C–N with tert-alkyl or cyclic N) is 1. The summed E-state index contributed by atoms with van der Waals surface area (Å²) in [7, 11) is 1.68. The number of ether oxygens (including phenoxy) is 1. The molecule has 3 aromatic rings. The van der Waals surface area contributed by atoms with Crippen molar-refractivity contribution in [2.45, 2.75) is 24.5 Å². The summed E-state index contributed by atoms with van der Waals surface area (Å²) in [6, 6.07) is 14.5. The van der Waals surface area contributed by atoms with Gasteiger partial charge in [0.1, 0.15) is 5.75 Å². The van der Waals surface area contributed by atoms with E-state index in [0.29, 0.717) is 29.6 Å². The predicted molar refractivity (Wildman–Crippen MR) is 108 cm³/mol.